The van der Waals surface area contributed by atoms with E-state index in [1.807, 2.05) is 22.7 Å². The van der Waals surface area contributed by atoms with Crippen LogP contribution in [0.25, 0.3) is 60.5 Å². The topological polar surface area (TPSA) is 34.1 Å². The molecular formula is C30H22O2S4. The van der Waals surface area contributed by atoms with Crippen LogP contribution in [0.5, 0.6) is 0 Å². The molecule has 6 heteroatoms. The predicted octanol–water partition coefficient (Wildman–Crippen LogP) is 10.4. The lowest BCUT2D eigenvalue weighted by molar-refractivity contribution is 0.111. The van der Waals surface area contributed by atoms with Gasteiger partial charge in [0.25, 0.3) is 0 Å². The van der Waals surface area contributed by atoms with Crippen molar-refractivity contribution in [2.45, 2.75) is 39.5 Å². The number of carbonyl (C=O) groups is 2. The lowest BCUT2D eigenvalue weighted by atomic mass is 9.92. The third-order valence-electron chi connectivity index (χ3n) is 7.14. The second-order valence-corrected chi connectivity index (χ2v) is 13.6. The molecule has 178 valence electrons. The maximum atomic E-state index is 11.7. The van der Waals surface area contributed by atoms with Gasteiger partial charge in [0.05, 0.1) is 9.75 Å². The van der Waals surface area contributed by atoms with Gasteiger partial charge in [0.2, 0.25) is 0 Å². The van der Waals surface area contributed by atoms with Crippen molar-refractivity contribution >= 4 is 118 Å². The fourth-order valence-electron chi connectivity index (χ4n) is 5.78. The highest BCUT2D eigenvalue weighted by atomic mass is 32.1. The molecule has 0 saturated heterocycles. The molecule has 0 atom stereocenters. The van der Waals surface area contributed by atoms with Crippen molar-refractivity contribution in [3.63, 3.8) is 0 Å². The second-order valence-electron chi connectivity index (χ2n) is 9.30. The van der Waals surface area contributed by atoms with Crippen LogP contribution in [0, 0.1) is 0 Å². The standard InChI is InChI=1S/C30H22O2S4/c1-3-5-17-18(6-4-2)30-28(26-20-12-16(14-32)34-22(20)8-10-24(26)36-30)27-25-19-11-15(13-31)33-21(19)7-9-23(25)35-29(17)27/h7-14H,3-6H2,1-2H3. The molecular weight excluding hydrogens is 521 g/mol. The van der Waals surface area contributed by atoms with Crippen LogP contribution in [0.1, 0.15) is 57.2 Å². The van der Waals surface area contributed by atoms with Crippen molar-refractivity contribution in [3.8, 4) is 0 Å². The number of aldehydes is 2. The number of benzene rings is 3. The Hall–Kier alpha value is -2.64. The number of hydrogen-bond acceptors (Lipinski definition) is 6. The van der Waals surface area contributed by atoms with Crippen molar-refractivity contribution < 1.29 is 9.59 Å². The first kappa shape index (κ1) is 22.5. The molecule has 0 aliphatic carbocycles. The summed E-state index contributed by atoms with van der Waals surface area (Å²) < 4.78 is 7.69. The van der Waals surface area contributed by atoms with Gasteiger partial charge in [0.1, 0.15) is 0 Å². The smallest absolute Gasteiger partial charge is 0.160 e. The monoisotopic (exact) mass is 542 g/mol. The van der Waals surface area contributed by atoms with E-state index in [4.69, 9.17) is 0 Å². The first-order chi connectivity index (χ1) is 17.7. The van der Waals surface area contributed by atoms with E-state index >= 15 is 0 Å². The maximum absolute atomic E-state index is 11.7. The van der Waals surface area contributed by atoms with Gasteiger partial charge in [0.15, 0.2) is 12.6 Å². The van der Waals surface area contributed by atoms with Gasteiger partial charge in [0, 0.05) is 60.5 Å². The highest BCUT2D eigenvalue weighted by Gasteiger charge is 2.24. The normalized spacial score (nSPS) is 12.3. The van der Waals surface area contributed by atoms with E-state index in [2.05, 4.69) is 50.2 Å². The minimum Gasteiger partial charge on any atom is -0.297 e. The first-order valence-corrected chi connectivity index (χ1v) is 15.5. The van der Waals surface area contributed by atoms with Crippen molar-refractivity contribution in [1.82, 2.24) is 0 Å². The molecule has 0 fully saturated rings. The zero-order valence-corrected chi connectivity index (χ0v) is 23.2. The highest BCUT2D eigenvalue weighted by molar-refractivity contribution is 7.29. The molecule has 0 radical (unpaired) electrons. The Kier molecular flexibility index (Phi) is 5.29. The van der Waals surface area contributed by atoms with Crippen LogP contribution < -0.4 is 0 Å². The van der Waals surface area contributed by atoms with E-state index in [1.165, 1.54) is 62.2 Å². The highest BCUT2D eigenvalue weighted by Crippen LogP contribution is 2.52. The average Bonchev–Trinajstić information content (AvgIpc) is 3.65. The molecule has 2 nitrogen and oxygen atoms in total. The van der Waals surface area contributed by atoms with Crippen LogP contribution in [0.3, 0.4) is 0 Å². The number of carbonyl (C=O) groups excluding carboxylic acids is 2. The molecule has 4 heterocycles. The third kappa shape index (κ3) is 3.05. The summed E-state index contributed by atoms with van der Waals surface area (Å²) in [5.74, 6) is 0. The number of rotatable bonds is 6. The van der Waals surface area contributed by atoms with E-state index < -0.39 is 0 Å². The minimum absolute atomic E-state index is 0.774. The summed E-state index contributed by atoms with van der Waals surface area (Å²) in [6.07, 6.45) is 6.29. The van der Waals surface area contributed by atoms with Crippen LogP contribution in [-0.2, 0) is 12.8 Å². The quantitative estimate of drug-likeness (QED) is 0.196. The summed E-state index contributed by atoms with van der Waals surface area (Å²) >= 11 is 6.96. The molecule has 0 bridgehead atoms. The van der Waals surface area contributed by atoms with Crippen LogP contribution in [0.2, 0.25) is 0 Å². The third-order valence-corrected chi connectivity index (χ3v) is 11.6. The summed E-state index contributed by atoms with van der Waals surface area (Å²) in [5, 5.41) is 7.61. The molecule has 3 aromatic carbocycles. The summed E-state index contributed by atoms with van der Waals surface area (Å²) in [6.45, 7) is 4.54. The van der Waals surface area contributed by atoms with Crippen molar-refractivity contribution in [2.75, 3.05) is 0 Å². The Morgan fingerprint density at radius 2 is 1.00 bits per heavy atom. The summed E-state index contributed by atoms with van der Waals surface area (Å²) in [6, 6.07) is 13.0. The fourth-order valence-corrected chi connectivity index (χ4v) is 10.2. The fraction of sp³-hybridized carbons (Fsp3) is 0.200. The Morgan fingerprint density at radius 3 is 1.39 bits per heavy atom. The number of aryl methyl sites for hydroxylation is 2. The molecule has 0 spiro atoms. The summed E-state index contributed by atoms with van der Waals surface area (Å²) in [4.78, 5) is 24.9. The van der Waals surface area contributed by atoms with Crippen molar-refractivity contribution in [3.05, 3.63) is 57.3 Å². The lowest BCUT2D eigenvalue weighted by Gasteiger charge is -2.13. The van der Waals surface area contributed by atoms with E-state index in [9.17, 15) is 9.59 Å². The number of fused-ring (bicyclic) bond motifs is 11. The van der Waals surface area contributed by atoms with Gasteiger partial charge in [-0.1, -0.05) is 26.7 Å². The average molecular weight is 543 g/mol. The molecule has 7 rings (SSSR count). The molecule has 0 aliphatic heterocycles. The lowest BCUT2D eigenvalue weighted by Crippen LogP contribution is -1.95. The number of thiophene rings is 4. The van der Waals surface area contributed by atoms with Crippen LogP contribution in [0.15, 0.2) is 36.4 Å². The van der Waals surface area contributed by atoms with E-state index in [0.29, 0.717) is 0 Å². The second kappa shape index (κ2) is 8.45. The first-order valence-electron chi connectivity index (χ1n) is 12.3. The number of hydrogen-bond donors (Lipinski definition) is 0. The van der Waals surface area contributed by atoms with Crippen LogP contribution in [-0.4, -0.2) is 12.6 Å². The molecule has 4 aromatic heterocycles. The van der Waals surface area contributed by atoms with Gasteiger partial charge in [-0.25, -0.2) is 0 Å². The molecule has 0 N–H and O–H groups in total. The maximum Gasteiger partial charge on any atom is 0.160 e. The SMILES string of the molecule is CCCc1c(CCC)c2sc3ccc4sc(C=O)cc4c3c2c2c1sc1ccc3sc(C=O)cc3c12. The summed E-state index contributed by atoms with van der Waals surface area (Å²) in [5.41, 5.74) is 3.01. The molecule has 0 unspecified atom stereocenters. The molecule has 36 heavy (non-hydrogen) atoms. The Balaban J connectivity index is 1.82. The van der Waals surface area contributed by atoms with Gasteiger partial charge < -0.3 is 0 Å². The molecule has 0 saturated carbocycles. The van der Waals surface area contributed by atoms with Gasteiger partial charge in [-0.05, 0) is 60.4 Å². The van der Waals surface area contributed by atoms with Crippen LogP contribution >= 0.6 is 45.3 Å². The summed E-state index contributed by atoms with van der Waals surface area (Å²) in [7, 11) is 0. The van der Waals surface area contributed by atoms with E-state index in [1.54, 1.807) is 22.7 Å². The molecule has 0 aliphatic rings. The van der Waals surface area contributed by atoms with E-state index in [0.717, 1.165) is 57.4 Å². The van der Waals surface area contributed by atoms with Gasteiger partial charge in [-0.2, -0.15) is 0 Å². The molecule has 0 amide bonds. The van der Waals surface area contributed by atoms with Gasteiger partial charge in [-0.15, -0.1) is 45.3 Å². The Labute approximate surface area is 223 Å². The largest absolute Gasteiger partial charge is 0.297 e. The molecule has 7 aromatic rings. The van der Waals surface area contributed by atoms with E-state index in [-0.39, 0.29) is 0 Å². The van der Waals surface area contributed by atoms with Crippen LogP contribution in [0.4, 0.5) is 0 Å². The minimum atomic E-state index is 0.774. The van der Waals surface area contributed by atoms with Gasteiger partial charge in [-0.3, -0.25) is 9.59 Å². The zero-order chi connectivity index (χ0) is 24.6. The Bertz CT molecular complexity index is 1870. The van der Waals surface area contributed by atoms with Crippen molar-refractivity contribution in [2.24, 2.45) is 0 Å². The van der Waals surface area contributed by atoms with Crippen molar-refractivity contribution in [1.29, 1.82) is 0 Å². The zero-order valence-electron chi connectivity index (χ0n) is 19.9. The Morgan fingerprint density at radius 1 is 0.583 bits per heavy atom. The predicted molar refractivity (Wildman–Crippen MR) is 162 cm³/mol. The van der Waals surface area contributed by atoms with Gasteiger partial charge >= 0.3 is 0 Å².